The average Bonchev–Trinajstić information content (AvgIpc) is 3.42. The number of aromatic nitrogens is 1. The fraction of sp³-hybridized carbons (Fsp3) is 0.259. The summed E-state index contributed by atoms with van der Waals surface area (Å²) in [5.74, 6) is 2.08. The van der Waals surface area contributed by atoms with Crippen molar-refractivity contribution in [2.75, 3.05) is 13.2 Å². The van der Waals surface area contributed by atoms with E-state index in [1.54, 1.807) is 0 Å². The molecule has 1 N–H and O–H groups in total. The molecular weight excluding hydrogens is 416 g/mol. The van der Waals surface area contributed by atoms with Crippen LogP contribution in [-0.4, -0.2) is 24.2 Å². The van der Waals surface area contributed by atoms with E-state index < -0.39 is 0 Å². The molecule has 1 aromatic heterocycles. The molecule has 33 heavy (non-hydrogen) atoms. The molecule has 6 nitrogen and oxygen atoms in total. The summed E-state index contributed by atoms with van der Waals surface area (Å²) in [6, 6.07) is 18.0. The van der Waals surface area contributed by atoms with Crippen molar-refractivity contribution in [3.63, 3.8) is 0 Å². The Morgan fingerprint density at radius 3 is 2.70 bits per heavy atom. The van der Waals surface area contributed by atoms with Crippen LogP contribution < -0.4 is 14.8 Å². The maximum absolute atomic E-state index is 13.1. The summed E-state index contributed by atoms with van der Waals surface area (Å²) in [7, 11) is 0. The summed E-state index contributed by atoms with van der Waals surface area (Å²) in [6.45, 7) is 5.31. The van der Waals surface area contributed by atoms with Crippen molar-refractivity contribution in [2.24, 2.45) is 0 Å². The van der Waals surface area contributed by atoms with E-state index in [0.717, 1.165) is 53.0 Å². The van der Waals surface area contributed by atoms with Crippen LogP contribution >= 0.6 is 0 Å². The van der Waals surface area contributed by atoms with Crippen molar-refractivity contribution >= 4 is 16.7 Å². The molecule has 0 aliphatic carbocycles. The van der Waals surface area contributed by atoms with Crippen molar-refractivity contribution in [1.82, 2.24) is 10.5 Å². The standard InChI is InChI=1S/C27H26N2O4/c1-17-24(18(2)33-29-17)16-32-26-15-21-6-4-3-5-20(21)14-23(26)27(30)28-11-9-19-7-8-25-22(13-19)10-12-31-25/h3-8,13-15H,9-12,16H2,1-2H3,(H,28,30). The first-order valence-electron chi connectivity index (χ1n) is 11.2. The van der Waals surface area contributed by atoms with Crippen LogP contribution in [0.15, 0.2) is 59.1 Å². The Morgan fingerprint density at radius 1 is 1.09 bits per heavy atom. The van der Waals surface area contributed by atoms with Gasteiger partial charge in [-0.3, -0.25) is 4.79 Å². The van der Waals surface area contributed by atoms with Crippen LogP contribution in [0.2, 0.25) is 0 Å². The Balaban J connectivity index is 1.33. The largest absolute Gasteiger partial charge is 0.493 e. The first-order valence-corrected chi connectivity index (χ1v) is 11.2. The van der Waals surface area contributed by atoms with Gasteiger partial charge in [-0.25, -0.2) is 0 Å². The fourth-order valence-corrected chi connectivity index (χ4v) is 4.19. The number of hydrogen-bond acceptors (Lipinski definition) is 5. The van der Waals surface area contributed by atoms with Crippen molar-refractivity contribution in [2.45, 2.75) is 33.3 Å². The molecule has 1 aliphatic rings. The van der Waals surface area contributed by atoms with Crippen molar-refractivity contribution in [3.05, 3.63) is 88.3 Å². The molecule has 3 aromatic carbocycles. The van der Waals surface area contributed by atoms with Crippen molar-refractivity contribution in [3.8, 4) is 11.5 Å². The number of nitrogens with zero attached hydrogens (tertiary/aromatic N) is 1. The van der Waals surface area contributed by atoms with E-state index in [-0.39, 0.29) is 12.5 Å². The quantitative estimate of drug-likeness (QED) is 0.439. The van der Waals surface area contributed by atoms with Crippen LogP contribution in [0.4, 0.5) is 0 Å². The molecule has 1 aliphatic heterocycles. The molecule has 0 spiro atoms. The van der Waals surface area contributed by atoms with Gasteiger partial charge in [0.1, 0.15) is 23.9 Å². The van der Waals surface area contributed by atoms with Crippen LogP contribution in [0, 0.1) is 13.8 Å². The van der Waals surface area contributed by atoms with Crippen molar-refractivity contribution in [1.29, 1.82) is 0 Å². The summed E-state index contributed by atoms with van der Waals surface area (Å²) >= 11 is 0. The molecule has 4 aromatic rings. The van der Waals surface area contributed by atoms with Gasteiger partial charge in [0.05, 0.1) is 23.4 Å². The van der Waals surface area contributed by atoms with Crippen molar-refractivity contribution < 1.29 is 18.8 Å². The number of ether oxygens (including phenoxy) is 2. The van der Waals surface area contributed by atoms with Crippen LogP contribution in [0.25, 0.3) is 10.8 Å². The number of aryl methyl sites for hydroxylation is 2. The van der Waals surface area contributed by atoms with Gasteiger partial charge in [-0.2, -0.15) is 0 Å². The molecule has 6 heteroatoms. The second kappa shape index (κ2) is 8.98. The maximum atomic E-state index is 13.1. The Labute approximate surface area is 192 Å². The predicted octanol–water partition coefficient (Wildman–Crippen LogP) is 4.93. The van der Waals surface area contributed by atoms with E-state index in [9.17, 15) is 4.79 Å². The minimum Gasteiger partial charge on any atom is -0.493 e. The highest BCUT2D eigenvalue weighted by Gasteiger charge is 2.17. The monoisotopic (exact) mass is 442 g/mol. The summed E-state index contributed by atoms with van der Waals surface area (Å²) in [5, 5.41) is 9.05. The lowest BCUT2D eigenvalue weighted by Gasteiger charge is -2.14. The van der Waals surface area contributed by atoms with Gasteiger partial charge in [0, 0.05) is 13.0 Å². The summed E-state index contributed by atoms with van der Waals surface area (Å²) in [4.78, 5) is 13.1. The first-order chi connectivity index (χ1) is 16.1. The first kappa shape index (κ1) is 21.1. The molecule has 5 rings (SSSR count). The second-order valence-electron chi connectivity index (χ2n) is 8.33. The van der Waals surface area contributed by atoms with E-state index in [1.807, 2.05) is 56.3 Å². The third-order valence-corrected chi connectivity index (χ3v) is 6.10. The molecule has 2 heterocycles. The molecule has 0 saturated carbocycles. The Bertz CT molecular complexity index is 1310. The molecule has 0 bridgehead atoms. The number of carbonyl (C=O) groups excluding carboxylic acids is 1. The molecule has 0 atom stereocenters. The summed E-state index contributed by atoms with van der Waals surface area (Å²) < 4.78 is 16.9. The Morgan fingerprint density at radius 2 is 1.91 bits per heavy atom. The third kappa shape index (κ3) is 4.42. The smallest absolute Gasteiger partial charge is 0.255 e. The minimum atomic E-state index is -0.154. The van der Waals surface area contributed by atoms with E-state index in [4.69, 9.17) is 14.0 Å². The van der Waals surface area contributed by atoms with Gasteiger partial charge in [0.15, 0.2) is 0 Å². The van der Waals surface area contributed by atoms with Gasteiger partial charge in [-0.15, -0.1) is 0 Å². The van der Waals surface area contributed by atoms with Gasteiger partial charge in [0.25, 0.3) is 5.91 Å². The molecular formula is C27H26N2O4. The molecule has 0 saturated heterocycles. The third-order valence-electron chi connectivity index (χ3n) is 6.10. The fourth-order valence-electron chi connectivity index (χ4n) is 4.19. The van der Waals surface area contributed by atoms with Crippen LogP contribution in [0.1, 0.15) is 38.5 Å². The Hall–Kier alpha value is -3.80. The highest BCUT2D eigenvalue weighted by atomic mass is 16.5. The SMILES string of the molecule is Cc1noc(C)c1COc1cc2ccccc2cc1C(=O)NCCc1ccc2c(c1)CCO2. The minimum absolute atomic E-state index is 0.154. The van der Waals surface area contributed by atoms with Crippen LogP contribution in [0.3, 0.4) is 0 Å². The second-order valence-corrected chi connectivity index (χ2v) is 8.33. The van der Waals surface area contributed by atoms with Gasteiger partial charge in [-0.1, -0.05) is 41.6 Å². The highest BCUT2D eigenvalue weighted by molar-refractivity contribution is 6.01. The average molecular weight is 443 g/mol. The molecule has 0 radical (unpaired) electrons. The molecule has 168 valence electrons. The highest BCUT2D eigenvalue weighted by Crippen LogP contribution is 2.28. The number of rotatable bonds is 7. The van der Waals surface area contributed by atoms with E-state index in [1.165, 1.54) is 11.1 Å². The number of nitrogens with one attached hydrogen (secondary N) is 1. The molecule has 0 unspecified atom stereocenters. The van der Waals surface area contributed by atoms with Gasteiger partial charge >= 0.3 is 0 Å². The molecule has 0 fully saturated rings. The van der Waals surface area contributed by atoms with Gasteiger partial charge in [0.2, 0.25) is 0 Å². The zero-order valence-corrected chi connectivity index (χ0v) is 18.8. The zero-order valence-electron chi connectivity index (χ0n) is 18.8. The number of hydrogen-bond donors (Lipinski definition) is 1. The number of fused-ring (bicyclic) bond motifs is 2. The number of benzene rings is 3. The summed E-state index contributed by atoms with van der Waals surface area (Å²) in [6.07, 6.45) is 1.69. The van der Waals surface area contributed by atoms with Gasteiger partial charge < -0.3 is 19.3 Å². The van der Waals surface area contributed by atoms with E-state index in [0.29, 0.717) is 17.9 Å². The summed E-state index contributed by atoms with van der Waals surface area (Å²) in [5.41, 5.74) is 4.63. The van der Waals surface area contributed by atoms with Crippen LogP contribution in [-0.2, 0) is 19.4 Å². The number of amides is 1. The normalized spacial score (nSPS) is 12.4. The predicted molar refractivity (Wildman–Crippen MR) is 126 cm³/mol. The molecule has 1 amide bonds. The van der Waals surface area contributed by atoms with E-state index >= 15 is 0 Å². The topological polar surface area (TPSA) is 73.6 Å². The van der Waals surface area contributed by atoms with Gasteiger partial charge in [-0.05, 0) is 60.4 Å². The lowest BCUT2D eigenvalue weighted by atomic mass is 10.0. The van der Waals surface area contributed by atoms with E-state index in [2.05, 4.69) is 22.6 Å². The number of carbonyl (C=O) groups is 1. The maximum Gasteiger partial charge on any atom is 0.255 e. The van der Waals surface area contributed by atoms with Crippen LogP contribution in [0.5, 0.6) is 11.5 Å². The zero-order chi connectivity index (χ0) is 22.8. The lowest BCUT2D eigenvalue weighted by molar-refractivity contribution is 0.0950. The Kier molecular flexibility index (Phi) is 5.73. The lowest BCUT2D eigenvalue weighted by Crippen LogP contribution is -2.26.